The number of ether oxygens (including phenoxy) is 1. The standard InChI is InChI=1S/C6H12O.C2H4S/c1-5-3-4-7-6(5)2;1-2-3-1/h5-6H,3-4H2,1-2H3;1-2H2. The van der Waals surface area contributed by atoms with Crippen molar-refractivity contribution in [2.24, 2.45) is 5.92 Å². The highest BCUT2D eigenvalue weighted by Gasteiger charge is 2.18. The van der Waals surface area contributed by atoms with E-state index in [1.54, 1.807) is 0 Å². The largest absolute Gasteiger partial charge is 0.378 e. The topological polar surface area (TPSA) is 9.23 Å². The highest BCUT2D eigenvalue weighted by Crippen LogP contribution is 2.18. The molecule has 0 aromatic heterocycles. The number of rotatable bonds is 0. The van der Waals surface area contributed by atoms with Crippen molar-refractivity contribution in [2.75, 3.05) is 18.1 Å². The number of hydrogen-bond donors (Lipinski definition) is 0. The summed E-state index contributed by atoms with van der Waals surface area (Å²) in [7, 11) is 0. The van der Waals surface area contributed by atoms with Gasteiger partial charge in [-0.2, -0.15) is 11.8 Å². The molecule has 0 aliphatic carbocycles. The lowest BCUT2D eigenvalue weighted by molar-refractivity contribution is 0.109. The van der Waals surface area contributed by atoms with Gasteiger partial charge in [-0.25, -0.2) is 0 Å². The van der Waals surface area contributed by atoms with Crippen molar-refractivity contribution in [2.45, 2.75) is 26.4 Å². The molecule has 10 heavy (non-hydrogen) atoms. The molecule has 0 aromatic carbocycles. The van der Waals surface area contributed by atoms with E-state index in [0.29, 0.717) is 6.10 Å². The van der Waals surface area contributed by atoms with Crippen LogP contribution in [0.1, 0.15) is 20.3 Å². The number of hydrogen-bond acceptors (Lipinski definition) is 2. The fourth-order valence-corrected chi connectivity index (χ4v) is 0.839. The summed E-state index contributed by atoms with van der Waals surface area (Å²) in [6.07, 6.45) is 1.77. The lowest BCUT2D eigenvalue weighted by Crippen LogP contribution is -2.05. The van der Waals surface area contributed by atoms with Gasteiger partial charge in [-0.3, -0.25) is 0 Å². The summed E-state index contributed by atoms with van der Waals surface area (Å²) in [5, 5.41) is 0. The van der Waals surface area contributed by atoms with Gasteiger partial charge in [0.1, 0.15) is 0 Å². The maximum atomic E-state index is 5.27. The van der Waals surface area contributed by atoms with E-state index in [0.717, 1.165) is 12.5 Å². The monoisotopic (exact) mass is 160 g/mol. The normalized spacial score (nSPS) is 36.6. The Morgan fingerprint density at radius 2 is 1.90 bits per heavy atom. The Labute approximate surface area is 67.5 Å². The zero-order valence-corrected chi connectivity index (χ0v) is 7.62. The molecule has 2 aliphatic heterocycles. The molecule has 2 fully saturated rings. The third-order valence-electron chi connectivity index (χ3n) is 1.96. The molecule has 0 bridgehead atoms. The van der Waals surface area contributed by atoms with Crippen LogP contribution in [0.4, 0.5) is 0 Å². The summed E-state index contributed by atoms with van der Waals surface area (Å²) in [4.78, 5) is 0. The van der Waals surface area contributed by atoms with Gasteiger partial charge in [0.15, 0.2) is 0 Å². The fraction of sp³-hybridized carbons (Fsp3) is 1.00. The van der Waals surface area contributed by atoms with Crippen LogP contribution in [0.5, 0.6) is 0 Å². The minimum absolute atomic E-state index is 0.514. The molecule has 0 N–H and O–H groups in total. The van der Waals surface area contributed by atoms with Gasteiger partial charge in [-0.05, 0) is 19.3 Å². The lowest BCUT2D eigenvalue weighted by Gasteiger charge is -2.04. The minimum Gasteiger partial charge on any atom is -0.378 e. The molecule has 2 saturated heterocycles. The highest BCUT2D eigenvalue weighted by molar-refractivity contribution is 8.06. The van der Waals surface area contributed by atoms with Gasteiger partial charge in [0.05, 0.1) is 6.10 Å². The molecular formula is C8H16OS. The summed E-state index contributed by atoms with van der Waals surface area (Å²) in [6, 6.07) is 0. The van der Waals surface area contributed by atoms with Gasteiger partial charge >= 0.3 is 0 Å². The average Bonchev–Trinajstić information content (AvgIpc) is 2.70. The van der Waals surface area contributed by atoms with Gasteiger partial charge < -0.3 is 4.74 Å². The van der Waals surface area contributed by atoms with Crippen LogP contribution in [0.15, 0.2) is 0 Å². The van der Waals surface area contributed by atoms with Crippen molar-refractivity contribution < 1.29 is 4.74 Å². The molecule has 0 amide bonds. The molecule has 0 radical (unpaired) electrons. The van der Waals surface area contributed by atoms with Crippen molar-refractivity contribution in [3.05, 3.63) is 0 Å². The first-order valence-corrected chi connectivity index (χ1v) is 5.15. The molecule has 2 heterocycles. The van der Waals surface area contributed by atoms with Gasteiger partial charge in [0, 0.05) is 18.1 Å². The molecule has 2 aliphatic rings. The second-order valence-corrected chi connectivity index (χ2v) is 4.18. The first-order chi connectivity index (χ1) is 4.80. The second kappa shape index (κ2) is 4.24. The Bertz CT molecular complexity index is 82.5. The molecule has 60 valence electrons. The van der Waals surface area contributed by atoms with Crippen LogP contribution in [0.2, 0.25) is 0 Å². The maximum absolute atomic E-state index is 5.27. The van der Waals surface area contributed by atoms with E-state index >= 15 is 0 Å². The van der Waals surface area contributed by atoms with Crippen LogP contribution in [0, 0.1) is 5.92 Å². The Kier molecular flexibility index (Phi) is 3.57. The fourth-order valence-electron chi connectivity index (χ4n) is 0.839. The summed E-state index contributed by atoms with van der Waals surface area (Å²) in [6.45, 7) is 5.34. The van der Waals surface area contributed by atoms with Crippen molar-refractivity contribution in [1.29, 1.82) is 0 Å². The molecule has 2 rings (SSSR count). The van der Waals surface area contributed by atoms with Gasteiger partial charge in [-0.1, -0.05) is 6.92 Å². The van der Waals surface area contributed by atoms with Crippen molar-refractivity contribution in [1.82, 2.24) is 0 Å². The first kappa shape index (κ1) is 8.41. The lowest BCUT2D eigenvalue weighted by atomic mass is 10.1. The van der Waals surface area contributed by atoms with Crippen LogP contribution < -0.4 is 0 Å². The highest BCUT2D eigenvalue weighted by atomic mass is 32.2. The summed E-state index contributed by atoms with van der Waals surface area (Å²) < 4.78 is 5.27. The maximum Gasteiger partial charge on any atom is 0.0573 e. The van der Waals surface area contributed by atoms with Gasteiger partial charge in [0.2, 0.25) is 0 Å². The average molecular weight is 160 g/mol. The van der Waals surface area contributed by atoms with E-state index in [4.69, 9.17) is 4.74 Å². The molecule has 0 spiro atoms. The van der Waals surface area contributed by atoms with Crippen LogP contribution in [-0.2, 0) is 4.74 Å². The summed E-state index contributed by atoms with van der Waals surface area (Å²) >= 11 is 2.00. The van der Waals surface area contributed by atoms with Crippen molar-refractivity contribution >= 4 is 11.8 Å². The van der Waals surface area contributed by atoms with Crippen molar-refractivity contribution in [3.63, 3.8) is 0 Å². The zero-order valence-electron chi connectivity index (χ0n) is 6.80. The first-order valence-electron chi connectivity index (χ1n) is 4.00. The summed E-state index contributed by atoms with van der Waals surface area (Å²) in [5.74, 6) is 3.62. The third-order valence-corrected chi connectivity index (χ3v) is 2.37. The smallest absolute Gasteiger partial charge is 0.0573 e. The Morgan fingerprint density at radius 1 is 1.30 bits per heavy atom. The molecule has 2 heteroatoms. The Morgan fingerprint density at radius 3 is 2.00 bits per heavy atom. The van der Waals surface area contributed by atoms with Crippen molar-refractivity contribution in [3.8, 4) is 0 Å². The summed E-state index contributed by atoms with van der Waals surface area (Å²) in [5.41, 5.74) is 0. The van der Waals surface area contributed by atoms with E-state index in [1.165, 1.54) is 17.9 Å². The molecular weight excluding hydrogens is 144 g/mol. The zero-order chi connectivity index (χ0) is 7.40. The Balaban J connectivity index is 0.000000138. The van der Waals surface area contributed by atoms with E-state index in [1.807, 2.05) is 11.8 Å². The predicted molar refractivity (Wildman–Crippen MR) is 46.5 cm³/mol. The van der Waals surface area contributed by atoms with Crippen LogP contribution in [-0.4, -0.2) is 24.2 Å². The van der Waals surface area contributed by atoms with Crippen LogP contribution in [0.3, 0.4) is 0 Å². The van der Waals surface area contributed by atoms with E-state index in [9.17, 15) is 0 Å². The SMILES string of the molecule is C1CS1.CC1CCOC1C. The third kappa shape index (κ3) is 3.47. The van der Waals surface area contributed by atoms with Gasteiger partial charge in [-0.15, -0.1) is 0 Å². The molecule has 2 atom stereocenters. The molecule has 2 unspecified atom stereocenters. The second-order valence-electron chi connectivity index (χ2n) is 2.95. The van der Waals surface area contributed by atoms with E-state index in [2.05, 4.69) is 13.8 Å². The van der Waals surface area contributed by atoms with Crippen LogP contribution in [0.25, 0.3) is 0 Å². The minimum atomic E-state index is 0.514. The van der Waals surface area contributed by atoms with Gasteiger partial charge in [0.25, 0.3) is 0 Å². The van der Waals surface area contributed by atoms with Crippen LogP contribution >= 0.6 is 11.8 Å². The molecule has 0 aromatic rings. The van der Waals surface area contributed by atoms with E-state index < -0.39 is 0 Å². The van der Waals surface area contributed by atoms with E-state index in [-0.39, 0.29) is 0 Å². The quantitative estimate of drug-likeness (QED) is 0.502. The Hall–Kier alpha value is 0.310. The predicted octanol–water partition coefficient (Wildman–Crippen LogP) is 2.16. The number of thioether (sulfide) groups is 1. The molecule has 0 saturated carbocycles. The molecule has 1 nitrogen and oxygen atoms in total.